The average molecular weight is 445 g/mol. The van der Waals surface area contributed by atoms with Gasteiger partial charge in [-0.3, -0.25) is 29.3 Å². The van der Waals surface area contributed by atoms with Crippen LogP contribution in [0.5, 0.6) is 0 Å². The molecule has 11 nitrogen and oxygen atoms in total. The van der Waals surface area contributed by atoms with Crippen molar-refractivity contribution in [2.75, 3.05) is 11.9 Å². The van der Waals surface area contributed by atoms with E-state index in [9.17, 15) is 29.3 Å². The molecule has 2 saturated heterocycles. The van der Waals surface area contributed by atoms with Crippen LogP contribution in [0, 0.1) is 16.0 Å². The largest absolute Gasteiger partial charge is 0.344 e. The van der Waals surface area contributed by atoms with Crippen molar-refractivity contribution in [3.63, 3.8) is 0 Å². The summed E-state index contributed by atoms with van der Waals surface area (Å²) >= 11 is 0. The summed E-state index contributed by atoms with van der Waals surface area (Å²) in [5.41, 5.74) is 0.274. The predicted octanol–water partition coefficient (Wildman–Crippen LogP) is 0.944. The molecule has 32 heavy (non-hydrogen) atoms. The first-order valence-electron chi connectivity index (χ1n) is 10.6. The second kappa shape index (κ2) is 9.75. The lowest BCUT2D eigenvalue weighted by molar-refractivity contribution is -0.384. The van der Waals surface area contributed by atoms with E-state index in [0.717, 1.165) is 0 Å². The van der Waals surface area contributed by atoms with E-state index in [2.05, 4.69) is 16.0 Å². The fraction of sp³-hybridized carbons (Fsp3) is 0.524. The zero-order valence-corrected chi connectivity index (χ0v) is 18.0. The summed E-state index contributed by atoms with van der Waals surface area (Å²) in [6, 6.07) is 3.23. The highest BCUT2D eigenvalue weighted by Gasteiger charge is 2.40. The number of amides is 4. The third kappa shape index (κ3) is 5.21. The Morgan fingerprint density at radius 1 is 1.19 bits per heavy atom. The molecule has 0 aromatic heterocycles. The molecule has 2 aliphatic rings. The molecule has 2 fully saturated rings. The molecule has 1 aromatic rings. The molecule has 0 radical (unpaired) electrons. The van der Waals surface area contributed by atoms with Crippen LogP contribution in [0.3, 0.4) is 0 Å². The molecule has 2 heterocycles. The van der Waals surface area contributed by atoms with Crippen LogP contribution in [0.1, 0.15) is 39.5 Å². The minimum atomic E-state index is -0.860. The van der Waals surface area contributed by atoms with Crippen LogP contribution >= 0.6 is 0 Å². The second-order valence-corrected chi connectivity index (χ2v) is 8.37. The van der Waals surface area contributed by atoms with Gasteiger partial charge in [-0.1, -0.05) is 13.8 Å². The lowest BCUT2D eigenvalue weighted by Gasteiger charge is -2.29. The maximum absolute atomic E-state index is 13.0. The van der Waals surface area contributed by atoms with E-state index in [4.69, 9.17) is 0 Å². The predicted molar refractivity (Wildman–Crippen MR) is 114 cm³/mol. The lowest BCUT2D eigenvalue weighted by Crippen LogP contribution is -2.55. The van der Waals surface area contributed by atoms with Crippen LogP contribution in [0.25, 0.3) is 0 Å². The number of hydrogen-bond donors (Lipinski definition) is 3. The maximum atomic E-state index is 13.0. The summed E-state index contributed by atoms with van der Waals surface area (Å²) in [4.78, 5) is 61.7. The average Bonchev–Trinajstić information content (AvgIpc) is 3.40. The Kier molecular flexibility index (Phi) is 7.06. The van der Waals surface area contributed by atoms with Crippen LogP contribution in [0.4, 0.5) is 11.4 Å². The van der Waals surface area contributed by atoms with E-state index < -0.39 is 34.9 Å². The summed E-state index contributed by atoms with van der Waals surface area (Å²) in [5, 5.41) is 18.8. The van der Waals surface area contributed by atoms with Gasteiger partial charge in [-0.2, -0.15) is 0 Å². The van der Waals surface area contributed by atoms with Gasteiger partial charge in [-0.25, -0.2) is 0 Å². The third-order valence-corrected chi connectivity index (χ3v) is 5.72. The minimum Gasteiger partial charge on any atom is -0.344 e. The van der Waals surface area contributed by atoms with Crippen molar-refractivity contribution in [3.05, 3.63) is 34.4 Å². The van der Waals surface area contributed by atoms with E-state index in [1.54, 1.807) is 13.8 Å². The van der Waals surface area contributed by atoms with Crippen molar-refractivity contribution in [2.45, 2.75) is 57.7 Å². The van der Waals surface area contributed by atoms with Gasteiger partial charge in [0.1, 0.15) is 18.1 Å². The van der Waals surface area contributed by atoms with Gasteiger partial charge in [0.05, 0.1) is 4.92 Å². The Balaban J connectivity index is 1.64. The number of likely N-dealkylation sites (tertiary alicyclic amines) is 1. The molecule has 0 spiro atoms. The molecule has 0 saturated carbocycles. The zero-order valence-electron chi connectivity index (χ0n) is 18.0. The summed E-state index contributed by atoms with van der Waals surface area (Å²) in [5.74, 6) is -1.56. The van der Waals surface area contributed by atoms with Gasteiger partial charge in [-0.15, -0.1) is 0 Å². The van der Waals surface area contributed by atoms with E-state index in [1.807, 2.05) is 0 Å². The third-order valence-electron chi connectivity index (χ3n) is 5.72. The van der Waals surface area contributed by atoms with Crippen LogP contribution in [-0.2, 0) is 19.2 Å². The number of benzene rings is 1. The van der Waals surface area contributed by atoms with Crippen molar-refractivity contribution in [1.82, 2.24) is 15.5 Å². The first kappa shape index (κ1) is 23.2. The van der Waals surface area contributed by atoms with Gasteiger partial charge in [-0.05, 0) is 37.3 Å². The Hall–Kier alpha value is -3.50. The maximum Gasteiger partial charge on any atom is 0.269 e. The summed E-state index contributed by atoms with van der Waals surface area (Å²) < 4.78 is 0. The van der Waals surface area contributed by atoms with Crippen molar-refractivity contribution in [2.24, 2.45) is 5.92 Å². The number of nitrogens with zero attached hydrogens (tertiary/aromatic N) is 2. The summed E-state index contributed by atoms with van der Waals surface area (Å²) in [7, 11) is 0. The topological polar surface area (TPSA) is 151 Å². The lowest BCUT2D eigenvalue weighted by atomic mass is 10.0. The Morgan fingerprint density at radius 2 is 1.88 bits per heavy atom. The quantitative estimate of drug-likeness (QED) is 0.420. The van der Waals surface area contributed by atoms with Crippen molar-refractivity contribution < 1.29 is 24.1 Å². The molecule has 11 heteroatoms. The Labute approximate surface area is 185 Å². The molecule has 1 aromatic carbocycles. The number of anilines is 1. The standard InChI is InChI=1S/C21H27N5O6/c1-12(2)18(20(29)22-13-5-7-14(8-6-13)26(31)32)24-19(28)16-4-3-11-25(16)21(30)15-9-10-17(27)23-15/h5-8,12,15-16,18H,3-4,9-11H2,1-2H3,(H,22,29)(H,23,27)(H,24,28)/t15-,16-,18-/m0/s1. The summed E-state index contributed by atoms with van der Waals surface area (Å²) in [6.07, 6.45) is 1.84. The Bertz CT molecular complexity index is 916. The highest BCUT2D eigenvalue weighted by Crippen LogP contribution is 2.22. The van der Waals surface area contributed by atoms with Gasteiger partial charge in [0.15, 0.2) is 0 Å². The number of nitro benzene ring substituents is 1. The molecule has 3 rings (SSSR count). The number of rotatable bonds is 7. The molecule has 0 aliphatic carbocycles. The monoisotopic (exact) mass is 445 g/mol. The van der Waals surface area contributed by atoms with Crippen LogP contribution in [-0.4, -0.2) is 58.1 Å². The number of nitro groups is 1. The van der Waals surface area contributed by atoms with Crippen molar-refractivity contribution in [1.29, 1.82) is 0 Å². The molecule has 172 valence electrons. The molecule has 0 bridgehead atoms. The molecule has 0 unspecified atom stereocenters. The fourth-order valence-electron chi connectivity index (χ4n) is 3.97. The normalized spacial score (nSPS) is 21.2. The number of carbonyl (C=O) groups is 4. The highest BCUT2D eigenvalue weighted by molar-refractivity contribution is 5.99. The summed E-state index contributed by atoms with van der Waals surface area (Å²) in [6.45, 7) is 3.99. The molecular weight excluding hydrogens is 418 g/mol. The van der Waals surface area contributed by atoms with Crippen molar-refractivity contribution in [3.8, 4) is 0 Å². The zero-order chi connectivity index (χ0) is 23.4. The molecule has 2 aliphatic heterocycles. The van der Waals surface area contributed by atoms with Gasteiger partial charge < -0.3 is 20.9 Å². The number of hydrogen-bond acceptors (Lipinski definition) is 6. The fourth-order valence-corrected chi connectivity index (χ4v) is 3.97. The van der Waals surface area contributed by atoms with Crippen LogP contribution in [0.2, 0.25) is 0 Å². The van der Waals surface area contributed by atoms with Crippen LogP contribution in [0.15, 0.2) is 24.3 Å². The first-order chi connectivity index (χ1) is 15.2. The van der Waals surface area contributed by atoms with Gasteiger partial charge in [0.2, 0.25) is 23.6 Å². The SMILES string of the molecule is CC(C)[C@H](NC(=O)[C@@H]1CCCN1C(=O)[C@@H]1CCC(=O)N1)C(=O)Nc1ccc([N+](=O)[O-])cc1. The molecule has 3 N–H and O–H groups in total. The minimum absolute atomic E-state index is 0.0962. The smallest absolute Gasteiger partial charge is 0.269 e. The number of carbonyl (C=O) groups excluding carboxylic acids is 4. The van der Waals surface area contributed by atoms with E-state index in [-0.39, 0.29) is 23.4 Å². The first-order valence-corrected chi connectivity index (χ1v) is 10.6. The molecule has 4 amide bonds. The van der Waals surface area contributed by atoms with Gasteiger partial charge in [0.25, 0.3) is 5.69 Å². The highest BCUT2D eigenvalue weighted by atomic mass is 16.6. The van der Waals surface area contributed by atoms with Crippen LogP contribution < -0.4 is 16.0 Å². The van der Waals surface area contributed by atoms with E-state index >= 15 is 0 Å². The van der Waals surface area contributed by atoms with Gasteiger partial charge >= 0.3 is 0 Å². The molecule has 3 atom stereocenters. The molecular formula is C21H27N5O6. The van der Waals surface area contributed by atoms with E-state index in [1.165, 1.54) is 29.2 Å². The number of nitrogens with one attached hydrogen (secondary N) is 3. The number of non-ortho nitro benzene ring substituents is 1. The Morgan fingerprint density at radius 3 is 2.44 bits per heavy atom. The van der Waals surface area contributed by atoms with Crippen molar-refractivity contribution >= 4 is 35.0 Å². The second-order valence-electron chi connectivity index (χ2n) is 8.37. The van der Waals surface area contributed by atoms with Gasteiger partial charge in [0, 0.05) is 30.8 Å². The van der Waals surface area contributed by atoms with E-state index in [0.29, 0.717) is 37.9 Å².